The van der Waals surface area contributed by atoms with Gasteiger partial charge in [0.2, 0.25) is 0 Å². The summed E-state index contributed by atoms with van der Waals surface area (Å²) in [5.74, 6) is 1.44. The van der Waals surface area contributed by atoms with Gasteiger partial charge in [-0.3, -0.25) is 4.90 Å². The molecule has 5 rings (SSSR count). The fraction of sp³-hybridized carbons (Fsp3) is 0.600. The molecular weight excluding hydrogens is 405 g/mol. The minimum Gasteiger partial charge on any atom is -0.383 e. The summed E-state index contributed by atoms with van der Waals surface area (Å²) in [5, 5.41) is 0. The summed E-state index contributed by atoms with van der Waals surface area (Å²) in [6.45, 7) is 1.04. The first kappa shape index (κ1) is 19.7. The van der Waals surface area contributed by atoms with Crippen LogP contribution in [0.15, 0.2) is 18.5 Å². The van der Waals surface area contributed by atoms with Crippen LogP contribution in [0.4, 0.5) is 27.8 Å². The number of fused-ring (bicyclic) bond motifs is 1. The predicted octanol–water partition coefficient (Wildman–Crippen LogP) is 3.87. The van der Waals surface area contributed by atoms with Gasteiger partial charge in [0.15, 0.2) is 0 Å². The van der Waals surface area contributed by atoms with E-state index in [4.69, 9.17) is 5.73 Å². The number of nitrogens with zero attached hydrogens (tertiary/aromatic N) is 4. The number of hydrogen-bond acceptors (Lipinski definition) is 4. The fourth-order valence-electron chi connectivity index (χ4n) is 4.74. The van der Waals surface area contributed by atoms with Crippen LogP contribution in [0.25, 0.3) is 11.3 Å². The van der Waals surface area contributed by atoms with Crippen molar-refractivity contribution in [3.8, 4) is 11.3 Å². The van der Waals surface area contributed by atoms with Gasteiger partial charge in [-0.15, -0.1) is 0 Å². The molecule has 2 aromatic rings. The minimum atomic E-state index is -4.59. The highest BCUT2D eigenvalue weighted by molar-refractivity contribution is 5.62. The van der Waals surface area contributed by atoms with E-state index in [2.05, 4.69) is 14.5 Å². The number of hydrogen-bond donors (Lipinski definition) is 1. The lowest BCUT2D eigenvalue weighted by Crippen LogP contribution is -2.30. The van der Waals surface area contributed by atoms with Crippen molar-refractivity contribution in [1.82, 2.24) is 19.4 Å². The Kier molecular flexibility index (Phi) is 4.53. The van der Waals surface area contributed by atoms with Crippen molar-refractivity contribution in [2.75, 3.05) is 25.4 Å². The Morgan fingerprint density at radius 2 is 1.87 bits per heavy atom. The molecule has 10 heteroatoms. The van der Waals surface area contributed by atoms with E-state index >= 15 is 0 Å². The number of piperidine rings is 1. The topological polar surface area (TPSA) is 60.0 Å². The molecule has 2 aliphatic carbocycles. The van der Waals surface area contributed by atoms with Gasteiger partial charge in [-0.25, -0.2) is 18.7 Å². The van der Waals surface area contributed by atoms with Gasteiger partial charge < -0.3 is 10.3 Å². The van der Waals surface area contributed by atoms with E-state index in [9.17, 15) is 22.0 Å². The first-order valence-corrected chi connectivity index (χ1v) is 10.1. The number of anilines is 1. The van der Waals surface area contributed by atoms with Crippen molar-refractivity contribution in [1.29, 1.82) is 0 Å². The summed E-state index contributed by atoms with van der Waals surface area (Å²) in [5.41, 5.74) is 5.17. The summed E-state index contributed by atoms with van der Waals surface area (Å²) in [7, 11) is 0. The number of likely N-dealkylation sites (tertiary alicyclic amines) is 1. The Labute approximate surface area is 170 Å². The molecule has 2 N–H and O–H groups in total. The van der Waals surface area contributed by atoms with Gasteiger partial charge in [0.05, 0.1) is 17.8 Å². The van der Waals surface area contributed by atoms with Crippen LogP contribution in [-0.4, -0.2) is 45.5 Å². The molecule has 3 atom stereocenters. The molecule has 0 aromatic carbocycles. The second-order valence-electron chi connectivity index (χ2n) is 8.68. The maximum Gasteiger partial charge on any atom is 0.419 e. The number of alkyl halides is 5. The van der Waals surface area contributed by atoms with E-state index in [1.165, 1.54) is 6.20 Å². The highest BCUT2D eigenvalue weighted by atomic mass is 19.4. The Morgan fingerprint density at radius 3 is 2.47 bits per heavy atom. The molecule has 3 aliphatic rings. The molecule has 2 saturated carbocycles. The number of imidazole rings is 1. The van der Waals surface area contributed by atoms with Gasteiger partial charge in [0, 0.05) is 43.5 Å². The maximum absolute atomic E-state index is 13.2. The SMILES string of the molecule is Nc1ncc(-c2cn([C@@H]3[C@@H]4CN(CC(F)F)C[C@@H]43)c(CC3CC3)n2)cc1C(F)(F)F. The highest BCUT2D eigenvalue weighted by Crippen LogP contribution is 2.56. The molecule has 0 unspecified atom stereocenters. The van der Waals surface area contributed by atoms with Crippen molar-refractivity contribution in [3.63, 3.8) is 0 Å². The Morgan fingerprint density at radius 1 is 1.17 bits per heavy atom. The number of pyridine rings is 1. The lowest BCUT2D eigenvalue weighted by Gasteiger charge is -2.19. The van der Waals surface area contributed by atoms with Crippen molar-refractivity contribution in [2.45, 2.75) is 37.9 Å². The third-order valence-electron chi connectivity index (χ3n) is 6.44. The number of rotatable bonds is 6. The van der Waals surface area contributed by atoms with E-state index < -0.39 is 24.0 Å². The van der Waals surface area contributed by atoms with E-state index in [0.717, 1.165) is 31.2 Å². The van der Waals surface area contributed by atoms with Crippen LogP contribution in [0, 0.1) is 17.8 Å². The van der Waals surface area contributed by atoms with Crippen LogP contribution in [0.1, 0.15) is 30.3 Å². The third kappa shape index (κ3) is 3.66. The quantitative estimate of drug-likeness (QED) is 0.712. The molecule has 3 heterocycles. The first-order chi connectivity index (χ1) is 14.2. The average Bonchev–Trinajstić information content (AvgIpc) is 3.49. The van der Waals surface area contributed by atoms with Crippen molar-refractivity contribution < 1.29 is 22.0 Å². The van der Waals surface area contributed by atoms with Crippen LogP contribution < -0.4 is 5.73 Å². The van der Waals surface area contributed by atoms with E-state index in [0.29, 0.717) is 36.5 Å². The van der Waals surface area contributed by atoms with Crippen LogP contribution in [0.5, 0.6) is 0 Å². The first-order valence-electron chi connectivity index (χ1n) is 10.1. The predicted molar refractivity (Wildman–Crippen MR) is 99.8 cm³/mol. The Hall–Kier alpha value is -2.23. The molecule has 1 saturated heterocycles. The van der Waals surface area contributed by atoms with Crippen LogP contribution in [0.2, 0.25) is 0 Å². The molecule has 0 spiro atoms. The van der Waals surface area contributed by atoms with Gasteiger partial charge in [0.1, 0.15) is 11.6 Å². The molecule has 162 valence electrons. The number of nitrogens with two attached hydrogens (primary N) is 1. The standard InChI is InChI=1S/C20H22F5N5/c21-16(22)9-29-6-12-13(7-29)18(12)30-8-15(28-17(30)3-10-1-2-10)11-4-14(20(23,24)25)19(26)27-5-11/h4-5,8,10,12-13,16,18H,1-3,6-7,9H2,(H2,26,27)/t12-,13+,18-. The molecule has 30 heavy (non-hydrogen) atoms. The van der Waals surface area contributed by atoms with E-state index in [-0.39, 0.29) is 18.2 Å². The molecule has 2 aromatic heterocycles. The average molecular weight is 427 g/mol. The molecule has 0 amide bonds. The molecule has 1 aliphatic heterocycles. The smallest absolute Gasteiger partial charge is 0.383 e. The zero-order valence-electron chi connectivity index (χ0n) is 16.1. The second kappa shape index (κ2) is 6.90. The lowest BCUT2D eigenvalue weighted by atomic mass is 10.1. The van der Waals surface area contributed by atoms with Crippen molar-refractivity contribution >= 4 is 5.82 Å². The Balaban J connectivity index is 1.42. The molecule has 0 radical (unpaired) electrons. The maximum atomic E-state index is 13.2. The fourth-order valence-corrected chi connectivity index (χ4v) is 4.74. The monoisotopic (exact) mass is 427 g/mol. The zero-order chi connectivity index (χ0) is 21.2. The summed E-state index contributed by atoms with van der Waals surface area (Å²) in [4.78, 5) is 10.2. The molecule has 5 nitrogen and oxygen atoms in total. The summed E-state index contributed by atoms with van der Waals surface area (Å²) < 4.78 is 67.1. The highest BCUT2D eigenvalue weighted by Gasteiger charge is 2.57. The van der Waals surface area contributed by atoms with Crippen LogP contribution in [0.3, 0.4) is 0 Å². The third-order valence-corrected chi connectivity index (χ3v) is 6.44. The summed E-state index contributed by atoms with van der Waals surface area (Å²) >= 11 is 0. The largest absolute Gasteiger partial charge is 0.419 e. The van der Waals surface area contributed by atoms with Crippen LogP contribution >= 0.6 is 0 Å². The molecular formula is C20H22F5N5. The van der Waals surface area contributed by atoms with Gasteiger partial charge >= 0.3 is 6.18 Å². The zero-order valence-corrected chi connectivity index (χ0v) is 16.1. The molecule has 0 bridgehead atoms. The summed E-state index contributed by atoms with van der Waals surface area (Å²) in [6, 6.07) is 1.17. The number of nitrogen functional groups attached to an aromatic ring is 1. The van der Waals surface area contributed by atoms with Crippen molar-refractivity contribution in [3.05, 3.63) is 29.8 Å². The number of halogens is 5. The summed E-state index contributed by atoms with van der Waals surface area (Å²) in [6.07, 6.45) is -0.777. The van der Waals surface area contributed by atoms with Gasteiger partial charge in [-0.2, -0.15) is 13.2 Å². The van der Waals surface area contributed by atoms with Gasteiger partial charge in [-0.05, 0) is 36.7 Å². The van der Waals surface area contributed by atoms with E-state index in [1.54, 1.807) is 11.1 Å². The molecule has 3 fully saturated rings. The minimum absolute atomic E-state index is 0.178. The lowest BCUT2D eigenvalue weighted by molar-refractivity contribution is -0.137. The van der Waals surface area contributed by atoms with E-state index in [1.807, 2.05) is 0 Å². The van der Waals surface area contributed by atoms with Crippen molar-refractivity contribution in [2.24, 2.45) is 17.8 Å². The number of aromatic nitrogens is 3. The van der Waals surface area contributed by atoms with Gasteiger partial charge in [0.25, 0.3) is 6.43 Å². The normalized spacial score (nSPS) is 26.4. The van der Waals surface area contributed by atoms with Crippen LogP contribution in [-0.2, 0) is 12.6 Å². The van der Waals surface area contributed by atoms with Gasteiger partial charge in [-0.1, -0.05) is 0 Å². The Bertz CT molecular complexity index is 940. The second-order valence-corrected chi connectivity index (χ2v) is 8.68.